The van der Waals surface area contributed by atoms with Crippen molar-refractivity contribution in [3.05, 3.63) is 29.8 Å². The van der Waals surface area contributed by atoms with Gasteiger partial charge < -0.3 is 10.2 Å². The number of aliphatic hydroxyl groups is 1. The van der Waals surface area contributed by atoms with Crippen LogP contribution in [0, 0.1) is 0 Å². The summed E-state index contributed by atoms with van der Waals surface area (Å²) in [5.41, 5.74) is -0.754. The Morgan fingerprint density at radius 1 is 1.00 bits per heavy atom. The molecule has 0 aliphatic carbocycles. The Hall–Kier alpha value is -1.23. The van der Waals surface area contributed by atoms with Gasteiger partial charge in [0.05, 0.1) is 5.56 Å². The van der Waals surface area contributed by atoms with Crippen LogP contribution in [0.15, 0.2) is 24.3 Å². The Bertz CT molecular complexity index is 241. The largest absolute Gasteiger partial charge is 0.508 e. The molecule has 1 aromatic rings. The van der Waals surface area contributed by atoms with Crippen molar-refractivity contribution < 1.29 is 23.4 Å². The lowest BCUT2D eigenvalue weighted by molar-refractivity contribution is -0.137. The van der Waals surface area contributed by atoms with Crippen LogP contribution in [-0.2, 0) is 6.18 Å². The quantitative estimate of drug-likeness (QED) is 0.663. The van der Waals surface area contributed by atoms with Gasteiger partial charge in [-0.25, -0.2) is 0 Å². The maximum Gasteiger partial charge on any atom is 0.416 e. The van der Waals surface area contributed by atoms with Gasteiger partial charge in [0.15, 0.2) is 0 Å². The van der Waals surface area contributed by atoms with Gasteiger partial charge in [0, 0.05) is 7.11 Å². The van der Waals surface area contributed by atoms with Crippen molar-refractivity contribution in [3.8, 4) is 5.75 Å². The summed E-state index contributed by atoms with van der Waals surface area (Å²) < 4.78 is 35.5. The highest BCUT2D eigenvalue weighted by Gasteiger charge is 2.29. The molecule has 1 rings (SSSR count). The van der Waals surface area contributed by atoms with Crippen molar-refractivity contribution in [3.63, 3.8) is 0 Å². The van der Waals surface area contributed by atoms with Gasteiger partial charge in [-0.2, -0.15) is 13.2 Å². The normalized spacial score (nSPS) is 10.2. The number of halogens is 3. The Labute approximate surface area is 73.3 Å². The molecule has 0 heterocycles. The van der Waals surface area contributed by atoms with E-state index in [1.54, 1.807) is 0 Å². The molecular weight excluding hydrogens is 185 g/mol. The Morgan fingerprint density at radius 2 is 1.38 bits per heavy atom. The minimum Gasteiger partial charge on any atom is -0.508 e. The molecule has 2 N–H and O–H groups in total. The molecule has 0 atom stereocenters. The Balaban J connectivity index is 0.000000671. The molecule has 0 spiro atoms. The van der Waals surface area contributed by atoms with E-state index in [0.717, 1.165) is 31.4 Å². The van der Waals surface area contributed by atoms with E-state index in [1.165, 1.54) is 0 Å². The van der Waals surface area contributed by atoms with Crippen LogP contribution < -0.4 is 0 Å². The molecule has 0 aromatic heterocycles. The number of aliphatic hydroxyl groups excluding tert-OH is 1. The third kappa shape index (κ3) is 3.80. The fourth-order valence-corrected chi connectivity index (χ4v) is 0.650. The van der Waals surface area contributed by atoms with Gasteiger partial charge >= 0.3 is 6.18 Å². The van der Waals surface area contributed by atoms with Crippen LogP contribution in [0.4, 0.5) is 13.2 Å². The van der Waals surface area contributed by atoms with Crippen molar-refractivity contribution in [1.82, 2.24) is 0 Å². The second-order valence-electron chi connectivity index (χ2n) is 2.04. The topological polar surface area (TPSA) is 40.5 Å². The summed E-state index contributed by atoms with van der Waals surface area (Å²) in [6.45, 7) is 0. The highest BCUT2D eigenvalue weighted by Crippen LogP contribution is 2.29. The summed E-state index contributed by atoms with van der Waals surface area (Å²) in [7, 11) is 1.00. The zero-order valence-electron chi connectivity index (χ0n) is 6.84. The van der Waals surface area contributed by atoms with Crippen LogP contribution in [0.25, 0.3) is 0 Å². The van der Waals surface area contributed by atoms with E-state index in [2.05, 4.69) is 0 Å². The Morgan fingerprint density at radius 3 is 1.69 bits per heavy atom. The molecule has 0 unspecified atom stereocenters. The third-order valence-electron chi connectivity index (χ3n) is 1.19. The number of aromatic hydroxyl groups is 1. The van der Waals surface area contributed by atoms with E-state index in [0.29, 0.717) is 0 Å². The summed E-state index contributed by atoms with van der Waals surface area (Å²) in [4.78, 5) is 0. The zero-order valence-corrected chi connectivity index (χ0v) is 6.84. The number of alkyl halides is 3. The van der Waals surface area contributed by atoms with Crippen LogP contribution in [0.3, 0.4) is 0 Å². The summed E-state index contributed by atoms with van der Waals surface area (Å²) >= 11 is 0. The minimum atomic E-state index is -4.33. The van der Waals surface area contributed by atoms with Gasteiger partial charge in [0.1, 0.15) is 5.75 Å². The molecule has 0 amide bonds. The lowest BCUT2D eigenvalue weighted by Crippen LogP contribution is -2.03. The zero-order chi connectivity index (χ0) is 10.5. The van der Waals surface area contributed by atoms with Crippen LogP contribution in [0.2, 0.25) is 0 Å². The predicted octanol–water partition coefficient (Wildman–Crippen LogP) is 2.02. The molecule has 13 heavy (non-hydrogen) atoms. The lowest BCUT2D eigenvalue weighted by atomic mass is 10.2. The highest BCUT2D eigenvalue weighted by molar-refractivity contribution is 5.27. The SMILES string of the molecule is CO.Oc1ccc(C(F)(F)F)cc1. The molecule has 74 valence electrons. The molecule has 0 saturated carbocycles. The summed E-state index contributed by atoms with van der Waals surface area (Å²) in [5, 5.41) is 15.7. The maximum absolute atomic E-state index is 11.8. The van der Waals surface area contributed by atoms with Gasteiger partial charge in [-0.05, 0) is 24.3 Å². The number of phenols is 1. The summed E-state index contributed by atoms with van der Waals surface area (Å²) in [5.74, 6) is -0.169. The van der Waals surface area contributed by atoms with E-state index < -0.39 is 11.7 Å². The molecule has 0 bridgehead atoms. The van der Waals surface area contributed by atoms with Crippen molar-refractivity contribution in [2.24, 2.45) is 0 Å². The fourth-order valence-electron chi connectivity index (χ4n) is 0.650. The van der Waals surface area contributed by atoms with Gasteiger partial charge in [0.2, 0.25) is 0 Å². The average Bonchev–Trinajstić information content (AvgIpc) is 2.07. The molecule has 5 heteroatoms. The predicted molar refractivity (Wildman–Crippen MR) is 41.3 cm³/mol. The molecular formula is C8H9F3O2. The van der Waals surface area contributed by atoms with E-state index in [1.807, 2.05) is 0 Å². The first kappa shape index (κ1) is 11.8. The molecule has 0 aliphatic heterocycles. The van der Waals surface area contributed by atoms with Gasteiger partial charge in [-0.15, -0.1) is 0 Å². The van der Waals surface area contributed by atoms with Crippen LogP contribution in [0.1, 0.15) is 5.56 Å². The van der Waals surface area contributed by atoms with Gasteiger partial charge in [-0.3, -0.25) is 0 Å². The van der Waals surface area contributed by atoms with Crippen LogP contribution in [0.5, 0.6) is 5.75 Å². The fraction of sp³-hybridized carbons (Fsp3) is 0.250. The first-order valence-electron chi connectivity index (χ1n) is 3.31. The number of hydrogen-bond donors (Lipinski definition) is 2. The minimum absolute atomic E-state index is 0.169. The smallest absolute Gasteiger partial charge is 0.416 e. The maximum atomic E-state index is 11.8. The second-order valence-corrected chi connectivity index (χ2v) is 2.04. The highest BCUT2D eigenvalue weighted by atomic mass is 19.4. The first-order valence-corrected chi connectivity index (χ1v) is 3.31. The van der Waals surface area contributed by atoms with Gasteiger partial charge in [-0.1, -0.05) is 0 Å². The summed E-state index contributed by atoms with van der Waals surface area (Å²) in [6, 6.07) is 3.66. The lowest BCUT2D eigenvalue weighted by Gasteiger charge is -2.04. The molecule has 0 aliphatic rings. The van der Waals surface area contributed by atoms with Crippen molar-refractivity contribution in [2.45, 2.75) is 6.18 Å². The molecule has 2 nitrogen and oxygen atoms in total. The average molecular weight is 194 g/mol. The summed E-state index contributed by atoms with van der Waals surface area (Å²) in [6.07, 6.45) is -4.33. The standard InChI is InChI=1S/C7H5F3O.CH4O/c8-7(9,10)5-1-3-6(11)4-2-5;1-2/h1-4,11H;2H,1H3. The second kappa shape index (κ2) is 4.71. The first-order chi connectivity index (χ1) is 6.00. The van der Waals surface area contributed by atoms with E-state index in [4.69, 9.17) is 10.2 Å². The van der Waals surface area contributed by atoms with Crippen LogP contribution in [-0.4, -0.2) is 17.3 Å². The number of rotatable bonds is 0. The van der Waals surface area contributed by atoms with Crippen molar-refractivity contribution in [1.29, 1.82) is 0 Å². The van der Waals surface area contributed by atoms with Gasteiger partial charge in [0.25, 0.3) is 0 Å². The number of phenolic OH excluding ortho intramolecular Hbond substituents is 1. The third-order valence-corrected chi connectivity index (χ3v) is 1.19. The van der Waals surface area contributed by atoms with Crippen molar-refractivity contribution >= 4 is 0 Å². The van der Waals surface area contributed by atoms with E-state index >= 15 is 0 Å². The van der Waals surface area contributed by atoms with Crippen molar-refractivity contribution in [2.75, 3.05) is 7.11 Å². The molecule has 0 radical (unpaired) electrons. The van der Waals surface area contributed by atoms with Crippen LogP contribution >= 0.6 is 0 Å². The van der Waals surface area contributed by atoms with E-state index in [9.17, 15) is 13.2 Å². The molecule has 0 fully saturated rings. The molecule has 1 aromatic carbocycles. The number of hydrogen-bond acceptors (Lipinski definition) is 2. The molecule has 0 saturated heterocycles. The Kier molecular flexibility index (Phi) is 4.27. The van der Waals surface area contributed by atoms with E-state index in [-0.39, 0.29) is 5.75 Å². The number of benzene rings is 1. The monoisotopic (exact) mass is 194 g/mol.